The molecule has 2 aromatic rings. The van der Waals surface area contributed by atoms with Crippen LogP contribution >= 0.6 is 0 Å². The SMILES string of the molecule is Cc1ccc(C(=O)NCc2ccccc2)nc1C. The van der Waals surface area contributed by atoms with Crippen molar-refractivity contribution in [1.29, 1.82) is 0 Å². The van der Waals surface area contributed by atoms with E-state index in [0.717, 1.165) is 16.8 Å². The summed E-state index contributed by atoms with van der Waals surface area (Å²) in [5.74, 6) is -0.137. The van der Waals surface area contributed by atoms with Crippen LogP contribution in [0.25, 0.3) is 0 Å². The molecular formula is C15H16N2O. The predicted molar refractivity (Wildman–Crippen MR) is 71.3 cm³/mol. The summed E-state index contributed by atoms with van der Waals surface area (Å²) in [4.78, 5) is 16.2. The first-order valence-corrected chi connectivity index (χ1v) is 5.93. The maximum absolute atomic E-state index is 11.9. The molecule has 0 saturated carbocycles. The summed E-state index contributed by atoms with van der Waals surface area (Å²) in [6.45, 7) is 4.41. The highest BCUT2D eigenvalue weighted by atomic mass is 16.1. The Bertz CT molecular complexity index is 550. The molecule has 0 bridgehead atoms. The lowest BCUT2D eigenvalue weighted by molar-refractivity contribution is 0.0945. The highest BCUT2D eigenvalue weighted by molar-refractivity contribution is 5.92. The Morgan fingerprint density at radius 2 is 1.83 bits per heavy atom. The number of amides is 1. The maximum atomic E-state index is 11.9. The molecule has 1 amide bonds. The minimum absolute atomic E-state index is 0.137. The topological polar surface area (TPSA) is 42.0 Å². The summed E-state index contributed by atoms with van der Waals surface area (Å²) in [5, 5.41) is 2.86. The van der Waals surface area contributed by atoms with Gasteiger partial charge in [0.05, 0.1) is 0 Å². The zero-order valence-corrected chi connectivity index (χ0v) is 10.6. The number of aryl methyl sites for hydroxylation is 2. The number of nitrogens with zero attached hydrogens (tertiary/aromatic N) is 1. The number of carbonyl (C=O) groups is 1. The first kappa shape index (κ1) is 12.3. The van der Waals surface area contributed by atoms with Crippen LogP contribution in [0.2, 0.25) is 0 Å². The van der Waals surface area contributed by atoms with Crippen LogP contribution in [0, 0.1) is 13.8 Å². The van der Waals surface area contributed by atoms with Gasteiger partial charge >= 0.3 is 0 Å². The highest BCUT2D eigenvalue weighted by Gasteiger charge is 2.07. The Morgan fingerprint density at radius 3 is 2.50 bits per heavy atom. The first-order chi connectivity index (χ1) is 8.66. The zero-order chi connectivity index (χ0) is 13.0. The quantitative estimate of drug-likeness (QED) is 0.896. The molecule has 0 radical (unpaired) electrons. The zero-order valence-electron chi connectivity index (χ0n) is 10.6. The van der Waals surface area contributed by atoms with Gasteiger partial charge in [-0.15, -0.1) is 0 Å². The van der Waals surface area contributed by atoms with Gasteiger partial charge in [-0.05, 0) is 31.0 Å². The molecule has 2 rings (SSSR count). The van der Waals surface area contributed by atoms with Crippen molar-refractivity contribution in [3.63, 3.8) is 0 Å². The molecule has 0 spiro atoms. The van der Waals surface area contributed by atoms with Gasteiger partial charge in [0.2, 0.25) is 0 Å². The number of carbonyl (C=O) groups excluding carboxylic acids is 1. The van der Waals surface area contributed by atoms with Crippen LogP contribution in [-0.4, -0.2) is 10.9 Å². The molecule has 1 aromatic heterocycles. The van der Waals surface area contributed by atoms with E-state index in [1.54, 1.807) is 6.07 Å². The Labute approximate surface area is 107 Å². The molecule has 1 heterocycles. The van der Waals surface area contributed by atoms with Crippen LogP contribution in [0.1, 0.15) is 27.3 Å². The van der Waals surface area contributed by atoms with E-state index in [1.165, 1.54) is 0 Å². The molecule has 18 heavy (non-hydrogen) atoms. The van der Waals surface area contributed by atoms with Crippen LogP contribution in [0.3, 0.4) is 0 Å². The van der Waals surface area contributed by atoms with Gasteiger partial charge in [-0.2, -0.15) is 0 Å². The van der Waals surface area contributed by atoms with E-state index in [4.69, 9.17) is 0 Å². The number of pyridine rings is 1. The van der Waals surface area contributed by atoms with Crippen LogP contribution in [0.5, 0.6) is 0 Å². The second-order valence-corrected chi connectivity index (χ2v) is 4.27. The van der Waals surface area contributed by atoms with E-state index in [-0.39, 0.29) is 5.91 Å². The van der Waals surface area contributed by atoms with E-state index in [1.807, 2.05) is 50.2 Å². The van der Waals surface area contributed by atoms with Crippen molar-refractivity contribution in [2.24, 2.45) is 0 Å². The van der Waals surface area contributed by atoms with Crippen molar-refractivity contribution in [2.75, 3.05) is 0 Å². The molecule has 0 fully saturated rings. The average Bonchev–Trinajstić information content (AvgIpc) is 2.40. The van der Waals surface area contributed by atoms with E-state index < -0.39 is 0 Å². The van der Waals surface area contributed by atoms with E-state index in [2.05, 4.69) is 10.3 Å². The summed E-state index contributed by atoms with van der Waals surface area (Å²) in [7, 11) is 0. The molecule has 1 aromatic carbocycles. The van der Waals surface area contributed by atoms with Crippen LogP contribution in [-0.2, 0) is 6.54 Å². The molecule has 3 nitrogen and oxygen atoms in total. The number of benzene rings is 1. The van der Waals surface area contributed by atoms with Gasteiger partial charge in [0.1, 0.15) is 5.69 Å². The smallest absolute Gasteiger partial charge is 0.270 e. The lowest BCUT2D eigenvalue weighted by atomic mass is 10.2. The predicted octanol–water partition coefficient (Wildman–Crippen LogP) is 2.63. The number of nitrogens with one attached hydrogen (secondary N) is 1. The third-order valence-corrected chi connectivity index (χ3v) is 2.88. The fourth-order valence-corrected chi connectivity index (χ4v) is 1.63. The van der Waals surface area contributed by atoms with Crippen molar-refractivity contribution >= 4 is 5.91 Å². The number of rotatable bonds is 3. The summed E-state index contributed by atoms with van der Waals surface area (Å²) >= 11 is 0. The fourth-order valence-electron chi connectivity index (χ4n) is 1.63. The molecule has 0 aliphatic heterocycles. The second-order valence-electron chi connectivity index (χ2n) is 4.27. The molecule has 0 unspecified atom stereocenters. The van der Waals surface area contributed by atoms with E-state index >= 15 is 0 Å². The lowest BCUT2D eigenvalue weighted by Gasteiger charge is -2.06. The number of aromatic nitrogens is 1. The van der Waals surface area contributed by atoms with Gasteiger partial charge < -0.3 is 5.32 Å². The van der Waals surface area contributed by atoms with E-state index in [9.17, 15) is 4.79 Å². The van der Waals surface area contributed by atoms with Gasteiger partial charge in [0, 0.05) is 12.2 Å². The van der Waals surface area contributed by atoms with Gasteiger partial charge in [0.15, 0.2) is 0 Å². The van der Waals surface area contributed by atoms with Gasteiger partial charge in [-0.3, -0.25) is 4.79 Å². The van der Waals surface area contributed by atoms with Crippen molar-refractivity contribution < 1.29 is 4.79 Å². The number of hydrogen-bond donors (Lipinski definition) is 1. The molecule has 0 aliphatic carbocycles. The van der Waals surface area contributed by atoms with Crippen LogP contribution in [0.15, 0.2) is 42.5 Å². The minimum Gasteiger partial charge on any atom is -0.347 e. The highest BCUT2D eigenvalue weighted by Crippen LogP contribution is 2.05. The normalized spacial score (nSPS) is 10.1. The third-order valence-electron chi connectivity index (χ3n) is 2.88. The summed E-state index contributed by atoms with van der Waals surface area (Å²) in [6.07, 6.45) is 0. The molecule has 0 atom stereocenters. The van der Waals surface area contributed by atoms with Crippen molar-refractivity contribution in [3.8, 4) is 0 Å². The maximum Gasteiger partial charge on any atom is 0.270 e. The Balaban J connectivity index is 2.02. The van der Waals surface area contributed by atoms with Crippen molar-refractivity contribution in [1.82, 2.24) is 10.3 Å². The summed E-state index contributed by atoms with van der Waals surface area (Å²) < 4.78 is 0. The fraction of sp³-hybridized carbons (Fsp3) is 0.200. The monoisotopic (exact) mass is 240 g/mol. The third kappa shape index (κ3) is 2.94. The Kier molecular flexibility index (Phi) is 3.72. The molecular weight excluding hydrogens is 224 g/mol. The van der Waals surface area contributed by atoms with Gasteiger partial charge in [-0.1, -0.05) is 36.4 Å². The lowest BCUT2D eigenvalue weighted by Crippen LogP contribution is -2.24. The average molecular weight is 240 g/mol. The van der Waals surface area contributed by atoms with Crippen LogP contribution < -0.4 is 5.32 Å². The standard InChI is InChI=1S/C15H16N2O/c1-11-8-9-14(17-12(11)2)15(18)16-10-13-6-4-3-5-7-13/h3-9H,10H2,1-2H3,(H,16,18). The Hall–Kier alpha value is -2.16. The summed E-state index contributed by atoms with van der Waals surface area (Å²) in [5.41, 5.74) is 3.53. The van der Waals surface area contributed by atoms with Crippen molar-refractivity contribution in [2.45, 2.75) is 20.4 Å². The second kappa shape index (κ2) is 5.45. The first-order valence-electron chi connectivity index (χ1n) is 5.93. The van der Waals surface area contributed by atoms with Crippen LogP contribution in [0.4, 0.5) is 0 Å². The summed E-state index contributed by atoms with van der Waals surface area (Å²) in [6, 6.07) is 13.5. The minimum atomic E-state index is -0.137. The van der Waals surface area contributed by atoms with Crippen molar-refractivity contribution in [3.05, 3.63) is 65.0 Å². The molecule has 3 heteroatoms. The Morgan fingerprint density at radius 1 is 1.11 bits per heavy atom. The van der Waals surface area contributed by atoms with Gasteiger partial charge in [0.25, 0.3) is 5.91 Å². The molecule has 1 N–H and O–H groups in total. The number of hydrogen-bond acceptors (Lipinski definition) is 2. The molecule has 92 valence electrons. The van der Waals surface area contributed by atoms with E-state index in [0.29, 0.717) is 12.2 Å². The molecule has 0 aliphatic rings. The van der Waals surface area contributed by atoms with Gasteiger partial charge in [-0.25, -0.2) is 4.98 Å². The largest absolute Gasteiger partial charge is 0.347 e. The molecule has 0 saturated heterocycles.